The summed E-state index contributed by atoms with van der Waals surface area (Å²) in [5.41, 5.74) is 2.44. The number of halogens is 1. The van der Waals surface area contributed by atoms with Crippen LogP contribution in [0.3, 0.4) is 0 Å². The van der Waals surface area contributed by atoms with E-state index in [-0.39, 0.29) is 11.3 Å². The molecule has 2 N–H and O–H groups in total. The molecule has 0 radical (unpaired) electrons. The lowest BCUT2D eigenvalue weighted by Gasteiger charge is -2.20. The van der Waals surface area contributed by atoms with Crippen LogP contribution >= 0.6 is 11.6 Å². The first-order valence-electron chi connectivity index (χ1n) is 5.52. The van der Waals surface area contributed by atoms with Crippen LogP contribution < -0.4 is 5.32 Å². The van der Waals surface area contributed by atoms with Crippen LogP contribution in [0.2, 0.25) is 0 Å². The molecule has 0 saturated carbocycles. The number of rotatable bonds is 4. The van der Waals surface area contributed by atoms with E-state index in [2.05, 4.69) is 38.2 Å². The van der Waals surface area contributed by atoms with Gasteiger partial charge >= 0.3 is 0 Å². The van der Waals surface area contributed by atoms with Gasteiger partial charge in [0.05, 0.1) is 12.0 Å². The van der Waals surface area contributed by atoms with Crippen molar-refractivity contribution in [2.75, 3.05) is 17.7 Å². The smallest absolute Gasteiger partial charge is 0.0847 e. The second-order valence-electron chi connectivity index (χ2n) is 5.02. The van der Waals surface area contributed by atoms with Crippen LogP contribution in [0.4, 0.5) is 5.69 Å². The first-order chi connectivity index (χ1) is 7.43. The fraction of sp³-hybridized carbons (Fsp3) is 0.538. The lowest BCUT2D eigenvalue weighted by Crippen LogP contribution is -2.21. The molecule has 0 heterocycles. The molecule has 0 spiro atoms. The minimum atomic E-state index is -0.500. The largest absolute Gasteiger partial charge is 0.390 e. The first-order valence-corrected chi connectivity index (χ1v) is 6.05. The van der Waals surface area contributed by atoms with E-state index in [1.165, 1.54) is 5.56 Å². The summed E-state index contributed by atoms with van der Waals surface area (Å²) in [4.78, 5) is 0. The zero-order valence-corrected chi connectivity index (χ0v) is 10.9. The highest BCUT2D eigenvalue weighted by Crippen LogP contribution is 2.24. The molecule has 0 fully saturated rings. The molecule has 1 rings (SSSR count). The van der Waals surface area contributed by atoms with Crippen LogP contribution in [-0.2, 0) is 5.41 Å². The van der Waals surface area contributed by atoms with Gasteiger partial charge in [0.25, 0.3) is 0 Å². The summed E-state index contributed by atoms with van der Waals surface area (Å²) in [6.07, 6.45) is -0.500. The molecule has 1 atom stereocenters. The van der Waals surface area contributed by atoms with Crippen molar-refractivity contribution in [3.63, 3.8) is 0 Å². The van der Waals surface area contributed by atoms with Gasteiger partial charge in [0, 0.05) is 12.2 Å². The maximum Gasteiger partial charge on any atom is 0.0847 e. The van der Waals surface area contributed by atoms with E-state index in [1.807, 2.05) is 12.1 Å². The van der Waals surface area contributed by atoms with Crippen molar-refractivity contribution in [3.05, 3.63) is 29.8 Å². The van der Waals surface area contributed by atoms with E-state index in [0.717, 1.165) is 5.69 Å². The number of hydrogen-bond donors (Lipinski definition) is 2. The van der Waals surface area contributed by atoms with Gasteiger partial charge in [0.2, 0.25) is 0 Å². The minimum Gasteiger partial charge on any atom is -0.390 e. The molecule has 16 heavy (non-hydrogen) atoms. The maximum absolute atomic E-state index is 9.35. The van der Waals surface area contributed by atoms with Crippen molar-refractivity contribution in [3.8, 4) is 0 Å². The Morgan fingerprint density at radius 3 is 2.62 bits per heavy atom. The van der Waals surface area contributed by atoms with Gasteiger partial charge in [0.15, 0.2) is 0 Å². The van der Waals surface area contributed by atoms with Gasteiger partial charge in [-0.25, -0.2) is 0 Å². The molecule has 0 bridgehead atoms. The summed E-state index contributed by atoms with van der Waals surface area (Å²) >= 11 is 5.53. The minimum absolute atomic E-state index is 0.142. The molecule has 0 aliphatic rings. The second kappa shape index (κ2) is 5.55. The fourth-order valence-electron chi connectivity index (χ4n) is 1.39. The van der Waals surface area contributed by atoms with Crippen LogP contribution in [0.5, 0.6) is 0 Å². The molecule has 0 aromatic heterocycles. The Balaban J connectivity index is 2.68. The van der Waals surface area contributed by atoms with E-state index in [0.29, 0.717) is 6.54 Å². The molecular formula is C13H20ClNO. The van der Waals surface area contributed by atoms with Gasteiger partial charge in [-0.1, -0.05) is 32.9 Å². The summed E-state index contributed by atoms with van der Waals surface area (Å²) in [7, 11) is 0. The normalized spacial score (nSPS) is 13.6. The Morgan fingerprint density at radius 2 is 2.06 bits per heavy atom. The molecule has 1 aromatic carbocycles. The standard InChI is InChI=1S/C13H20ClNO/c1-13(2,3)10-5-4-6-11(7-10)15-9-12(16)8-14/h4-7,12,15-16H,8-9H2,1-3H3. The highest BCUT2D eigenvalue weighted by Gasteiger charge is 2.13. The van der Waals surface area contributed by atoms with Crippen LogP contribution in [-0.4, -0.2) is 23.6 Å². The van der Waals surface area contributed by atoms with Crippen molar-refractivity contribution in [2.45, 2.75) is 32.3 Å². The highest BCUT2D eigenvalue weighted by molar-refractivity contribution is 6.18. The van der Waals surface area contributed by atoms with Crippen LogP contribution in [0.1, 0.15) is 26.3 Å². The Kier molecular flexibility index (Phi) is 4.63. The van der Waals surface area contributed by atoms with Crippen LogP contribution in [0.25, 0.3) is 0 Å². The molecule has 3 heteroatoms. The van der Waals surface area contributed by atoms with E-state index < -0.39 is 6.10 Å². The van der Waals surface area contributed by atoms with Gasteiger partial charge in [-0.2, -0.15) is 0 Å². The lowest BCUT2D eigenvalue weighted by atomic mass is 9.87. The molecule has 2 nitrogen and oxygen atoms in total. The molecule has 1 unspecified atom stereocenters. The van der Waals surface area contributed by atoms with Gasteiger partial charge in [-0.15, -0.1) is 11.6 Å². The summed E-state index contributed by atoms with van der Waals surface area (Å²) < 4.78 is 0. The predicted molar refractivity (Wildman–Crippen MR) is 70.4 cm³/mol. The third kappa shape index (κ3) is 4.03. The van der Waals surface area contributed by atoms with Crippen LogP contribution in [0.15, 0.2) is 24.3 Å². The van der Waals surface area contributed by atoms with Gasteiger partial charge in [0.1, 0.15) is 0 Å². The monoisotopic (exact) mass is 241 g/mol. The van der Waals surface area contributed by atoms with Crippen molar-refractivity contribution in [1.29, 1.82) is 0 Å². The summed E-state index contributed by atoms with van der Waals surface area (Å²) in [6.45, 7) is 7.02. The van der Waals surface area contributed by atoms with E-state index >= 15 is 0 Å². The number of hydrogen-bond acceptors (Lipinski definition) is 2. The summed E-state index contributed by atoms with van der Waals surface area (Å²) in [5.74, 6) is 0.256. The Bertz CT molecular complexity index is 333. The fourth-order valence-corrected chi connectivity index (χ4v) is 1.49. The van der Waals surface area contributed by atoms with Gasteiger partial charge in [-0.3, -0.25) is 0 Å². The van der Waals surface area contributed by atoms with E-state index in [9.17, 15) is 5.11 Å². The van der Waals surface area contributed by atoms with Crippen molar-refractivity contribution < 1.29 is 5.11 Å². The molecule has 1 aromatic rings. The quantitative estimate of drug-likeness (QED) is 0.795. The number of aliphatic hydroxyl groups excluding tert-OH is 1. The number of alkyl halides is 1. The molecule has 0 saturated heterocycles. The second-order valence-corrected chi connectivity index (χ2v) is 5.33. The Hall–Kier alpha value is -0.730. The summed E-state index contributed by atoms with van der Waals surface area (Å²) in [6, 6.07) is 8.25. The Labute approximate surface area is 103 Å². The average Bonchev–Trinajstić information content (AvgIpc) is 2.25. The third-order valence-corrected chi connectivity index (χ3v) is 2.80. The number of aliphatic hydroxyl groups is 1. The van der Waals surface area contributed by atoms with Crippen molar-refractivity contribution in [1.82, 2.24) is 0 Å². The zero-order chi connectivity index (χ0) is 12.2. The van der Waals surface area contributed by atoms with E-state index in [1.54, 1.807) is 0 Å². The number of anilines is 1. The van der Waals surface area contributed by atoms with E-state index in [4.69, 9.17) is 11.6 Å². The topological polar surface area (TPSA) is 32.3 Å². The molecule has 0 aliphatic carbocycles. The number of benzene rings is 1. The predicted octanol–water partition coefficient (Wildman–Crippen LogP) is 3.00. The number of nitrogens with one attached hydrogen (secondary N) is 1. The van der Waals surface area contributed by atoms with Crippen molar-refractivity contribution >= 4 is 17.3 Å². The molecule has 0 aliphatic heterocycles. The van der Waals surface area contributed by atoms with Gasteiger partial charge in [-0.05, 0) is 23.1 Å². The highest BCUT2D eigenvalue weighted by atomic mass is 35.5. The first kappa shape index (κ1) is 13.3. The molecule has 0 amide bonds. The SMILES string of the molecule is CC(C)(C)c1cccc(NCC(O)CCl)c1. The van der Waals surface area contributed by atoms with Crippen LogP contribution in [0, 0.1) is 0 Å². The Morgan fingerprint density at radius 1 is 1.38 bits per heavy atom. The molecule has 90 valence electrons. The zero-order valence-electron chi connectivity index (χ0n) is 10.1. The molecular weight excluding hydrogens is 222 g/mol. The van der Waals surface area contributed by atoms with Gasteiger partial charge < -0.3 is 10.4 Å². The summed E-state index contributed by atoms with van der Waals surface area (Å²) in [5, 5.41) is 12.5. The third-order valence-electron chi connectivity index (χ3n) is 2.45. The van der Waals surface area contributed by atoms with Crippen molar-refractivity contribution in [2.24, 2.45) is 0 Å². The lowest BCUT2D eigenvalue weighted by molar-refractivity contribution is 0.211. The average molecular weight is 242 g/mol. The maximum atomic E-state index is 9.35.